The Morgan fingerprint density at radius 1 is 0.476 bits per heavy atom. The molecule has 0 unspecified atom stereocenters. The van der Waals surface area contributed by atoms with E-state index >= 15 is 0 Å². The zero-order valence-electron chi connectivity index (χ0n) is 12.2. The molecule has 0 rings (SSSR count). The molecule has 0 fully saturated rings. The minimum atomic E-state index is -3.79. The molecule has 0 aliphatic heterocycles. The molecule has 0 heterocycles. The van der Waals surface area contributed by atoms with Gasteiger partial charge < -0.3 is 0 Å². The monoisotopic (exact) mass is 384 g/mol. The summed E-state index contributed by atoms with van der Waals surface area (Å²) in [5, 5.41) is 0. The van der Waals surface area contributed by atoms with Gasteiger partial charge in [-0.1, -0.05) is 0 Å². The van der Waals surface area contributed by atoms with E-state index < -0.39 is 67.8 Å². The van der Waals surface area contributed by atoms with Gasteiger partial charge in [0.15, 0.2) is 0 Å². The molecule has 0 radical (unpaired) electrons. The first kappa shape index (κ1) is 20.8. The highest BCUT2D eigenvalue weighted by Crippen LogP contribution is 2.26. The average molecular weight is 385 g/mol. The maximum Gasteiger partial charge on any atom is 0.148 e. The molecule has 0 aliphatic rings. The van der Waals surface area contributed by atoms with Gasteiger partial charge in [-0.05, 0) is 0 Å². The molecule has 0 aliphatic carbocycles. The van der Waals surface area contributed by atoms with Crippen LogP contribution in [0.3, 0.4) is 0 Å². The Morgan fingerprint density at radius 3 is 0.714 bits per heavy atom. The van der Waals surface area contributed by atoms with Crippen molar-refractivity contribution in [2.45, 2.75) is 0 Å². The van der Waals surface area contributed by atoms with Crippen LogP contribution < -0.4 is 0 Å². The number of hydrogen-bond acceptors (Lipinski definition) is 8. The fourth-order valence-corrected chi connectivity index (χ4v) is 8.92. The van der Waals surface area contributed by atoms with E-state index in [4.69, 9.17) is 0 Å². The molecular formula is C9H20O8S4. The molecule has 12 heteroatoms. The Balaban J connectivity index is 6.18. The maximum absolute atomic E-state index is 11.5. The number of hydrogen-bond donors (Lipinski definition) is 0. The summed E-state index contributed by atoms with van der Waals surface area (Å²) in [5.74, 6) is -3.36. The number of rotatable bonds is 8. The van der Waals surface area contributed by atoms with Gasteiger partial charge in [0.1, 0.15) is 39.3 Å². The molecule has 0 bridgehead atoms. The molecule has 0 aromatic carbocycles. The molecular weight excluding hydrogens is 364 g/mol. The molecule has 8 nitrogen and oxygen atoms in total. The second kappa shape index (κ2) is 6.13. The predicted molar refractivity (Wildman–Crippen MR) is 81.3 cm³/mol. The summed E-state index contributed by atoms with van der Waals surface area (Å²) < 4.78 is 92.2. The lowest BCUT2D eigenvalue weighted by Crippen LogP contribution is -2.47. The SMILES string of the molecule is CS(=O)(=O)CC(CS(C)(=O)=O)(CS(C)(=O)=O)CS(C)(=O)=O. The molecule has 0 aromatic rings. The largest absolute Gasteiger partial charge is 0.229 e. The third-order valence-electron chi connectivity index (χ3n) is 2.27. The van der Waals surface area contributed by atoms with Crippen LogP contribution in [0.4, 0.5) is 0 Å². The Labute approximate surface area is 126 Å². The first-order valence-corrected chi connectivity index (χ1v) is 13.8. The first-order chi connectivity index (χ1) is 8.83. The Morgan fingerprint density at radius 2 is 0.619 bits per heavy atom. The third-order valence-corrected chi connectivity index (χ3v) is 6.82. The standard InChI is InChI=1S/C9H20O8S4/c1-18(10,11)5-9(6-19(2,12)13,7-20(3,14)15)8-21(4,16)17/h5-8H2,1-4H3. The average Bonchev–Trinajstić information content (AvgIpc) is 1.83. The van der Waals surface area contributed by atoms with Crippen LogP contribution in [0.1, 0.15) is 0 Å². The summed E-state index contributed by atoms with van der Waals surface area (Å²) in [4.78, 5) is 0. The molecule has 0 saturated carbocycles. The molecule has 128 valence electrons. The van der Waals surface area contributed by atoms with Gasteiger partial charge in [-0.15, -0.1) is 0 Å². The highest BCUT2D eigenvalue weighted by atomic mass is 32.2. The lowest BCUT2D eigenvalue weighted by Gasteiger charge is -2.30. The highest BCUT2D eigenvalue weighted by molar-refractivity contribution is 7.93. The van der Waals surface area contributed by atoms with Gasteiger partial charge in [0, 0.05) is 30.4 Å². The zero-order chi connectivity index (χ0) is 17.3. The van der Waals surface area contributed by atoms with E-state index in [-0.39, 0.29) is 0 Å². The van der Waals surface area contributed by atoms with Gasteiger partial charge in [-0.3, -0.25) is 0 Å². The molecule has 0 amide bonds. The molecule has 0 saturated heterocycles. The van der Waals surface area contributed by atoms with Crippen LogP contribution in [-0.4, -0.2) is 81.7 Å². The number of sulfone groups is 4. The van der Waals surface area contributed by atoms with Crippen molar-refractivity contribution in [2.24, 2.45) is 5.41 Å². The van der Waals surface area contributed by atoms with E-state index in [0.717, 1.165) is 25.0 Å². The van der Waals surface area contributed by atoms with E-state index in [2.05, 4.69) is 0 Å². The van der Waals surface area contributed by atoms with Gasteiger partial charge in [0.2, 0.25) is 0 Å². The minimum Gasteiger partial charge on any atom is -0.229 e. The quantitative estimate of drug-likeness (QED) is 0.476. The van der Waals surface area contributed by atoms with Crippen LogP contribution >= 0.6 is 0 Å². The fraction of sp³-hybridized carbons (Fsp3) is 1.00. The molecule has 0 aromatic heterocycles. The van der Waals surface area contributed by atoms with E-state index in [9.17, 15) is 33.7 Å². The van der Waals surface area contributed by atoms with E-state index in [1.807, 2.05) is 0 Å². The second-order valence-electron chi connectivity index (χ2n) is 5.78. The van der Waals surface area contributed by atoms with Crippen molar-refractivity contribution in [1.29, 1.82) is 0 Å². The summed E-state index contributed by atoms with van der Waals surface area (Å²) in [6.45, 7) is 0. The summed E-state index contributed by atoms with van der Waals surface area (Å²) >= 11 is 0. The molecule has 0 atom stereocenters. The summed E-state index contributed by atoms with van der Waals surface area (Å²) in [6.07, 6.45) is 3.20. The van der Waals surface area contributed by atoms with Crippen molar-refractivity contribution in [2.75, 3.05) is 48.0 Å². The molecule has 0 spiro atoms. The predicted octanol–water partition coefficient (Wildman–Crippen LogP) is -1.85. The van der Waals surface area contributed by atoms with Crippen LogP contribution in [0, 0.1) is 5.41 Å². The van der Waals surface area contributed by atoms with Crippen molar-refractivity contribution in [3.63, 3.8) is 0 Å². The van der Waals surface area contributed by atoms with Crippen molar-refractivity contribution in [1.82, 2.24) is 0 Å². The second-order valence-corrected chi connectivity index (χ2v) is 14.3. The van der Waals surface area contributed by atoms with Crippen LogP contribution in [0.2, 0.25) is 0 Å². The first-order valence-electron chi connectivity index (χ1n) is 5.54. The van der Waals surface area contributed by atoms with Crippen LogP contribution in [0.25, 0.3) is 0 Å². The lowest BCUT2D eigenvalue weighted by atomic mass is 9.99. The van der Waals surface area contributed by atoms with Crippen molar-refractivity contribution in [3.8, 4) is 0 Å². The topological polar surface area (TPSA) is 137 Å². The van der Waals surface area contributed by atoms with Gasteiger partial charge in [0.05, 0.1) is 23.0 Å². The fourth-order valence-electron chi connectivity index (χ4n) is 2.47. The van der Waals surface area contributed by atoms with E-state index in [1.54, 1.807) is 0 Å². The van der Waals surface area contributed by atoms with E-state index in [1.165, 1.54) is 0 Å². The van der Waals surface area contributed by atoms with Gasteiger partial charge >= 0.3 is 0 Å². The van der Waals surface area contributed by atoms with Gasteiger partial charge in [-0.25, -0.2) is 33.7 Å². The highest BCUT2D eigenvalue weighted by Gasteiger charge is 2.42. The smallest absolute Gasteiger partial charge is 0.148 e. The Bertz CT molecular complexity index is 642. The summed E-state index contributed by atoms with van der Waals surface area (Å²) in [7, 11) is -15.2. The maximum atomic E-state index is 11.5. The summed E-state index contributed by atoms with van der Waals surface area (Å²) in [6, 6.07) is 0. The minimum absolute atomic E-state index is 0.800. The Kier molecular flexibility index (Phi) is 6.07. The van der Waals surface area contributed by atoms with Crippen molar-refractivity contribution < 1.29 is 33.7 Å². The molecule has 21 heavy (non-hydrogen) atoms. The zero-order valence-corrected chi connectivity index (χ0v) is 15.5. The van der Waals surface area contributed by atoms with E-state index in [0.29, 0.717) is 0 Å². The van der Waals surface area contributed by atoms with Crippen LogP contribution in [0.15, 0.2) is 0 Å². The van der Waals surface area contributed by atoms with Crippen LogP contribution in [0.5, 0.6) is 0 Å². The Hall–Kier alpha value is -0.200. The normalized spacial score (nSPS) is 15.0. The van der Waals surface area contributed by atoms with Gasteiger partial charge in [0.25, 0.3) is 0 Å². The lowest BCUT2D eigenvalue weighted by molar-refractivity contribution is 0.452. The van der Waals surface area contributed by atoms with Crippen molar-refractivity contribution >= 4 is 39.3 Å². The van der Waals surface area contributed by atoms with Gasteiger partial charge in [-0.2, -0.15) is 0 Å². The van der Waals surface area contributed by atoms with Crippen LogP contribution in [-0.2, 0) is 39.3 Å². The van der Waals surface area contributed by atoms with Crippen molar-refractivity contribution in [3.05, 3.63) is 0 Å². The summed E-state index contributed by atoms with van der Waals surface area (Å²) in [5.41, 5.74) is -1.91. The third kappa shape index (κ3) is 11.1. The molecule has 0 N–H and O–H groups in total.